The van der Waals surface area contributed by atoms with E-state index in [1.54, 1.807) is 0 Å². The molecular weight excluding hydrogens is 284 g/mol. The Morgan fingerprint density at radius 1 is 1.18 bits per heavy atom. The number of hydrogen-bond donors (Lipinski definition) is 0. The van der Waals surface area contributed by atoms with Gasteiger partial charge in [-0.15, -0.1) is 0 Å². The predicted octanol–water partition coefficient (Wildman–Crippen LogP) is 3.24. The fourth-order valence-corrected chi connectivity index (χ4v) is 2.79. The lowest BCUT2D eigenvalue weighted by Crippen LogP contribution is -2.45. The first-order valence-corrected chi connectivity index (χ1v) is 7.27. The Hall–Kier alpha value is -0.380. The van der Waals surface area contributed by atoms with Crippen molar-refractivity contribution < 1.29 is 14.3 Å². The Balaban J connectivity index is 2.90. The summed E-state index contributed by atoms with van der Waals surface area (Å²) in [5.41, 5.74) is -1.43. The molecule has 4 heteroatoms. The highest BCUT2D eigenvalue weighted by atomic mass is 79.9. The summed E-state index contributed by atoms with van der Waals surface area (Å²) in [6.07, 6.45) is 4.22. The molecule has 0 aliphatic heterocycles. The molecule has 1 saturated carbocycles. The van der Waals surface area contributed by atoms with Gasteiger partial charge in [0.05, 0.1) is 5.33 Å². The van der Waals surface area contributed by atoms with Crippen molar-refractivity contribution in [2.45, 2.75) is 58.5 Å². The van der Waals surface area contributed by atoms with E-state index in [9.17, 15) is 9.59 Å². The summed E-state index contributed by atoms with van der Waals surface area (Å²) in [6, 6.07) is 0. The number of hydrogen-bond acceptors (Lipinski definition) is 3. The van der Waals surface area contributed by atoms with Gasteiger partial charge < -0.3 is 4.74 Å². The molecule has 3 nitrogen and oxygen atoms in total. The number of alkyl halides is 1. The van der Waals surface area contributed by atoms with E-state index in [0.717, 1.165) is 19.3 Å². The standard InChI is InChI=1S/C13H21BrO3/c1-12(2,3)17-11(16)13(10(15)9-14)7-5-4-6-8-13/h4-9H2,1-3H3. The lowest BCUT2D eigenvalue weighted by molar-refractivity contribution is -0.172. The number of ether oxygens (including phenoxy) is 1. The molecule has 0 aromatic carbocycles. The number of Topliss-reactive ketones (excluding diaryl/α,β-unsaturated/α-hetero) is 1. The molecule has 0 radical (unpaired) electrons. The molecule has 0 aromatic rings. The van der Waals surface area contributed by atoms with Gasteiger partial charge in [0.25, 0.3) is 0 Å². The molecule has 0 N–H and O–H groups in total. The molecule has 0 bridgehead atoms. The zero-order valence-electron chi connectivity index (χ0n) is 10.8. The molecule has 1 rings (SSSR count). The number of ketones is 1. The average Bonchev–Trinajstić information content (AvgIpc) is 2.26. The van der Waals surface area contributed by atoms with Crippen molar-refractivity contribution >= 4 is 27.7 Å². The topological polar surface area (TPSA) is 43.4 Å². The highest BCUT2D eigenvalue weighted by Crippen LogP contribution is 2.39. The molecule has 0 aromatic heterocycles. The van der Waals surface area contributed by atoms with Crippen molar-refractivity contribution in [3.63, 3.8) is 0 Å². The SMILES string of the molecule is CC(C)(C)OC(=O)C1(C(=O)CBr)CCCCC1. The third-order valence-electron chi connectivity index (χ3n) is 3.15. The lowest BCUT2D eigenvalue weighted by Gasteiger charge is -2.35. The van der Waals surface area contributed by atoms with E-state index in [2.05, 4.69) is 15.9 Å². The van der Waals surface area contributed by atoms with Crippen LogP contribution in [-0.4, -0.2) is 22.7 Å². The van der Waals surface area contributed by atoms with Gasteiger partial charge in [0.15, 0.2) is 5.78 Å². The minimum atomic E-state index is -0.894. The van der Waals surface area contributed by atoms with Crippen molar-refractivity contribution in [3.8, 4) is 0 Å². The van der Waals surface area contributed by atoms with E-state index < -0.39 is 11.0 Å². The predicted molar refractivity (Wildman–Crippen MR) is 70.2 cm³/mol. The van der Waals surface area contributed by atoms with Gasteiger partial charge in [0, 0.05) is 0 Å². The number of carbonyl (C=O) groups excluding carboxylic acids is 2. The zero-order chi connectivity index (χ0) is 13.1. The van der Waals surface area contributed by atoms with Crippen LogP contribution in [0.25, 0.3) is 0 Å². The van der Waals surface area contributed by atoms with Gasteiger partial charge in [-0.2, -0.15) is 0 Å². The van der Waals surface area contributed by atoms with Crippen molar-refractivity contribution in [1.29, 1.82) is 0 Å². The Labute approximate surface area is 111 Å². The third kappa shape index (κ3) is 3.54. The molecule has 98 valence electrons. The van der Waals surface area contributed by atoms with Crippen LogP contribution in [0.15, 0.2) is 0 Å². The van der Waals surface area contributed by atoms with Gasteiger partial charge in [-0.3, -0.25) is 9.59 Å². The highest BCUT2D eigenvalue weighted by Gasteiger charge is 2.47. The van der Waals surface area contributed by atoms with Crippen molar-refractivity contribution in [3.05, 3.63) is 0 Å². The molecule has 0 atom stereocenters. The molecule has 0 unspecified atom stereocenters. The lowest BCUT2D eigenvalue weighted by atomic mass is 9.71. The molecule has 0 amide bonds. The summed E-state index contributed by atoms with van der Waals surface area (Å²) in [5.74, 6) is -0.374. The molecule has 1 fully saturated rings. The van der Waals surface area contributed by atoms with Gasteiger partial charge >= 0.3 is 5.97 Å². The highest BCUT2D eigenvalue weighted by molar-refractivity contribution is 9.09. The summed E-state index contributed by atoms with van der Waals surface area (Å²) < 4.78 is 5.42. The van der Waals surface area contributed by atoms with E-state index in [1.165, 1.54) is 0 Å². The van der Waals surface area contributed by atoms with Gasteiger partial charge in [-0.1, -0.05) is 35.2 Å². The van der Waals surface area contributed by atoms with Crippen molar-refractivity contribution in [2.75, 3.05) is 5.33 Å². The van der Waals surface area contributed by atoms with Crippen molar-refractivity contribution in [2.24, 2.45) is 5.41 Å². The van der Waals surface area contributed by atoms with E-state index in [0.29, 0.717) is 12.8 Å². The summed E-state index contributed by atoms with van der Waals surface area (Å²) in [5, 5.41) is 0.228. The Morgan fingerprint density at radius 3 is 2.12 bits per heavy atom. The van der Waals surface area contributed by atoms with Gasteiger partial charge in [-0.05, 0) is 33.6 Å². The van der Waals surface area contributed by atoms with Crippen molar-refractivity contribution in [1.82, 2.24) is 0 Å². The van der Waals surface area contributed by atoms with Gasteiger partial charge in [0.1, 0.15) is 11.0 Å². The normalized spacial score (nSPS) is 19.8. The summed E-state index contributed by atoms with van der Waals surface area (Å²) >= 11 is 3.18. The Morgan fingerprint density at radius 2 is 1.71 bits per heavy atom. The van der Waals surface area contributed by atoms with E-state index in [-0.39, 0.29) is 17.1 Å². The smallest absolute Gasteiger partial charge is 0.320 e. The maximum Gasteiger partial charge on any atom is 0.320 e. The van der Waals surface area contributed by atoms with Crippen LogP contribution in [0.3, 0.4) is 0 Å². The fourth-order valence-electron chi connectivity index (χ4n) is 2.26. The van der Waals surface area contributed by atoms with E-state index in [4.69, 9.17) is 4.74 Å². The third-order valence-corrected chi connectivity index (χ3v) is 3.66. The number of carbonyl (C=O) groups is 2. The molecule has 17 heavy (non-hydrogen) atoms. The molecular formula is C13H21BrO3. The number of rotatable bonds is 3. The molecule has 1 aliphatic carbocycles. The molecule has 0 heterocycles. The molecule has 1 aliphatic rings. The van der Waals surface area contributed by atoms with Crippen LogP contribution in [0.1, 0.15) is 52.9 Å². The van der Waals surface area contributed by atoms with Gasteiger partial charge in [0.2, 0.25) is 0 Å². The zero-order valence-corrected chi connectivity index (χ0v) is 12.4. The van der Waals surface area contributed by atoms with Crippen LogP contribution in [0.5, 0.6) is 0 Å². The molecule has 0 saturated heterocycles. The van der Waals surface area contributed by atoms with Crippen LogP contribution < -0.4 is 0 Å². The van der Waals surface area contributed by atoms with Crippen LogP contribution in [0.2, 0.25) is 0 Å². The number of halogens is 1. The minimum Gasteiger partial charge on any atom is -0.459 e. The van der Waals surface area contributed by atoms with Crippen LogP contribution in [-0.2, 0) is 14.3 Å². The fraction of sp³-hybridized carbons (Fsp3) is 0.846. The summed E-state index contributed by atoms with van der Waals surface area (Å²) in [7, 11) is 0. The first kappa shape index (κ1) is 14.7. The summed E-state index contributed by atoms with van der Waals surface area (Å²) in [6.45, 7) is 5.50. The largest absolute Gasteiger partial charge is 0.459 e. The molecule has 0 spiro atoms. The first-order chi connectivity index (χ1) is 7.82. The Bertz CT molecular complexity index is 298. The van der Waals surface area contributed by atoms with Crippen LogP contribution in [0.4, 0.5) is 0 Å². The quantitative estimate of drug-likeness (QED) is 0.457. The van der Waals surface area contributed by atoms with Gasteiger partial charge in [-0.25, -0.2) is 0 Å². The second-order valence-electron chi connectivity index (χ2n) is 5.70. The minimum absolute atomic E-state index is 0.0357. The first-order valence-electron chi connectivity index (χ1n) is 6.14. The second-order valence-corrected chi connectivity index (χ2v) is 6.26. The summed E-state index contributed by atoms with van der Waals surface area (Å²) in [4.78, 5) is 24.3. The van der Waals surface area contributed by atoms with E-state index >= 15 is 0 Å². The maximum atomic E-state index is 12.3. The number of esters is 1. The second kappa shape index (κ2) is 5.51. The monoisotopic (exact) mass is 304 g/mol. The Kier molecular flexibility index (Phi) is 4.76. The van der Waals surface area contributed by atoms with Crippen LogP contribution in [0, 0.1) is 5.41 Å². The van der Waals surface area contributed by atoms with Crippen LogP contribution >= 0.6 is 15.9 Å². The van der Waals surface area contributed by atoms with E-state index in [1.807, 2.05) is 20.8 Å². The maximum absolute atomic E-state index is 12.3. The average molecular weight is 305 g/mol.